The molecule has 9 nitrogen and oxygen atoms in total. The molecule has 0 aromatic rings. The van der Waals surface area contributed by atoms with Crippen LogP contribution < -0.4 is 34.9 Å². The Kier molecular flexibility index (Phi) is 6.95. The molecule has 1 aliphatic rings. The molecule has 106 valence electrons. The van der Waals surface area contributed by atoms with Crippen molar-refractivity contribution in [2.75, 3.05) is 19.9 Å². The second kappa shape index (κ2) is 7.08. The predicted molar refractivity (Wildman–Crippen MR) is 62.2 cm³/mol. The van der Waals surface area contributed by atoms with E-state index in [2.05, 4.69) is 5.32 Å². The molecular weight excluding hydrogens is 321 g/mol. The Balaban J connectivity index is 0.00000361. The molecular formula is C8H10N3NaO6S2. The van der Waals surface area contributed by atoms with Crippen molar-refractivity contribution in [1.29, 1.82) is 5.26 Å². The molecule has 1 N–H and O–H groups in total. The minimum Gasteiger partial charge on any atom is -0.731 e. The summed E-state index contributed by atoms with van der Waals surface area (Å²) >= 11 is 0.938. The number of rotatable bonds is 5. The van der Waals surface area contributed by atoms with Gasteiger partial charge in [0.05, 0.1) is 12.6 Å². The zero-order chi connectivity index (χ0) is 14.8. The largest absolute Gasteiger partial charge is 1.00 e. The predicted octanol–water partition coefficient (Wildman–Crippen LogP) is -4.99. The number of β-lactam (4-membered cyclic amide) rings is 1. The van der Waals surface area contributed by atoms with Crippen LogP contribution in [0.5, 0.6) is 0 Å². The van der Waals surface area contributed by atoms with Crippen LogP contribution in [-0.4, -0.2) is 60.0 Å². The van der Waals surface area contributed by atoms with Gasteiger partial charge in [-0.2, -0.15) is 5.26 Å². The van der Waals surface area contributed by atoms with Crippen molar-refractivity contribution < 1.29 is 56.9 Å². The van der Waals surface area contributed by atoms with E-state index < -0.39 is 39.6 Å². The topological polar surface area (TPSA) is 140 Å². The van der Waals surface area contributed by atoms with E-state index in [0.717, 1.165) is 18.9 Å². The van der Waals surface area contributed by atoms with Crippen molar-refractivity contribution in [2.24, 2.45) is 0 Å². The first-order valence-electron chi connectivity index (χ1n) is 4.79. The van der Waals surface area contributed by atoms with E-state index in [-0.39, 0.29) is 33.9 Å². The third-order valence-corrected chi connectivity index (χ3v) is 4.10. The van der Waals surface area contributed by atoms with Crippen LogP contribution in [0.4, 0.5) is 0 Å². The van der Waals surface area contributed by atoms with Gasteiger partial charge in [-0.3, -0.25) is 9.59 Å². The van der Waals surface area contributed by atoms with Gasteiger partial charge in [0, 0.05) is 7.11 Å². The van der Waals surface area contributed by atoms with Crippen molar-refractivity contribution >= 4 is 33.9 Å². The van der Waals surface area contributed by atoms with Crippen molar-refractivity contribution in [1.82, 2.24) is 9.62 Å². The molecule has 0 aromatic heterocycles. The number of nitrogens with zero attached hydrogens (tertiary/aromatic N) is 2. The Bertz CT molecular complexity index is 547. The molecule has 1 saturated heterocycles. The van der Waals surface area contributed by atoms with Gasteiger partial charge in [-0.25, -0.2) is 12.7 Å². The minimum atomic E-state index is -4.93. The SMILES string of the molecule is COC1(NC(=O)C(C#N)SC)CN(S(=O)(=O)[O-])C1=O.[Na+]. The zero-order valence-electron chi connectivity index (χ0n) is 10.9. The normalized spacial score (nSPS) is 23.1. The summed E-state index contributed by atoms with van der Waals surface area (Å²) in [6.07, 6.45) is 1.52. The van der Waals surface area contributed by atoms with Crippen molar-refractivity contribution in [3.8, 4) is 6.07 Å². The molecule has 2 atom stereocenters. The standard InChI is InChI=1S/C8H11N3O6S2.Na/c1-17-8(10-6(12)5(3-9)18-2)4-11(7(8)13)19(14,15)16;/h5H,4H2,1-2H3,(H,10,12)(H,14,15,16);/q;+1/p-1. The number of nitriles is 1. The number of nitrogens with one attached hydrogen (secondary N) is 1. The Labute approximate surface area is 142 Å². The summed E-state index contributed by atoms with van der Waals surface area (Å²) in [5.74, 6) is -1.98. The molecule has 0 spiro atoms. The fraction of sp³-hybridized carbons (Fsp3) is 0.625. The van der Waals surface area contributed by atoms with Gasteiger partial charge in [-0.15, -0.1) is 11.8 Å². The zero-order valence-corrected chi connectivity index (χ0v) is 14.6. The van der Waals surface area contributed by atoms with E-state index in [1.54, 1.807) is 6.07 Å². The smallest absolute Gasteiger partial charge is 0.731 e. The van der Waals surface area contributed by atoms with E-state index in [0.29, 0.717) is 0 Å². The van der Waals surface area contributed by atoms with E-state index >= 15 is 0 Å². The number of carbonyl (C=O) groups excluding carboxylic acids is 2. The molecule has 0 aromatic carbocycles. The van der Waals surface area contributed by atoms with E-state index in [4.69, 9.17) is 10.00 Å². The first-order chi connectivity index (χ1) is 8.71. The van der Waals surface area contributed by atoms with Gasteiger partial charge in [0.2, 0.25) is 11.6 Å². The molecule has 1 aliphatic heterocycles. The molecule has 1 heterocycles. The molecule has 0 aliphatic carbocycles. The molecule has 1 rings (SSSR count). The Morgan fingerprint density at radius 1 is 1.70 bits per heavy atom. The fourth-order valence-corrected chi connectivity index (χ4v) is 2.48. The van der Waals surface area contributed by atoms with Crippen LogP contribution in [0, 0.1) is 11.3 Å². The second-order valence-corrected chi connectivity index (χ2v) is 5.77. The van der Waals surface area contributed by atoms with Gasteiger partial charge in [0.25, 0.3) is 5.91 Å². The molecule has 2 amide bonds. The first-order valence-corrected chi connectivity index (χ1v) is 7.44. The monoisotopic (exact) mass is 331 g/mol. The maximum atomic E-state index is 11.6. The number of thioether (sulfide) groups is 1. The molecule has 1 fully saturated rings. The van der Waals surface area contributed by atoms with E-state index in [1.807, 2.05) is 0 Å². The summed E-state index contributed by atoms with van der Waals surface area (Å²) in [7, 11) is -3.85. The number of hydrogen-bond acceptors (Lipinski definition) is 8. The molecule has 0 saturated carbocycles. The van der Waals surface area contributed by atoms with E-state index in [9.17, 15) is 22.6 Å². The van der Waals surface area contributed by atoms with Gasteiger partial charge >= 0.3 is 29.6 Å². The summed E-state index contributed by atoms with van der Waals surface area (Å²) in [5.41, 5.74) is -1.90. The van der Waals surface area contributed by atoms with Crippen molar-refractivity contribution in [3.63, 3.8) is 0 Å². The molecule has 12 heteroatoms. The molecule has 2 unspecified atom stereocenters. The number of carbonyl (C=O) groups is 2. The van der Waals surface area contributed by atoms with Gasteiger partial charge in [-0.1, -0.05) is 0 Å². The van der Waals surface area contributed by atoms with Crippen molar-refractivity contribution in [2.45, 2.75) is 11.0 Å². The van der Waals surface area contributed by atoms with E-state index in [1.165, 1.54) is 6.26 Å². The molecule has 20 heavy (non-hydrogen) atoms. The quantitative estimate of drug-likeness (QED) is 0.229. The van der Waals surface area contributed by atoms with Crippen LogP contribution in [0.3, 0.4) is 0 Å². The van der Waals surface area contributed by atoms with Crippen LogP contribution in [0.1, 0.15) is 0 Å². The summed E-state index contributed by atoms with van der Waals surface area (Å²) in [4.78, 5) is 23.3. The minimum absolute atomic E-state index is 0. The Morgan fingerprint density at radius 3 is 2.55 bits per heavy atom. The van der Waals surface area contributed by atoms with Crippen LogP contribution in [-0.2, 0) is 24.6 Å². The van der Waals surface area contributed by atoms with Crippen LogP contribution >= 0.6 is 11.8 Å². The maximum Gasteiger partial charge on any atom is 1.00 e. The second-order valence-electron chi connectivity index (χ2n) is 3.53. The molecule has 0 radical (unpaired) electrons. The third-order valence-electron chi connectivity index (χ3n) is 2.47. The average molecular weight is 331 g/mol. The maximum absolute atomic E-state index is 11.6. The van der Waals surface area contributed by atoms with Gasteiger partial charge in [0.15, 0.2) is 15.6 Å². The number of methoxy groups -OCH3 is 1. The van der Waals surface area contributed by atoms with Crippen LogP contribution in [0.25, 0.3) is 0 Å². The van der Waals surface area contributed by atoms with Crippen LogP contribution in [0.2, 0.25) is 0 Å². The summed E-state index contributed by atoms with van der Waals surface area (Å²) < 4.78 is 36.9. The fourth-order valence-electron chi connectivity index (χ4n) is 1.41. The summed E-state index contributed by atoms with van der Waals surface area (Å²) in [5, 5.41) is 9.75. The summed E-state index contributed by atoms with van der Waals surface area (Å²) in [6, 6.07) is 1.69. The van der Waals surface area contributed by atoms with Crippen LogP contribution in [0.15, 0.2) is 0 Å². The van der Waals surface area contributed by atoms with Gasteiger partial charge < -0.3 is 14.6 Å². The average Bonchev–Trinajstić information content (AvgIpc) is 2.33. The Hall–Kier alpha value is -0.350. The number of ether oxygens (including phenoxy) is 1. The third kappa shape index (κ3) is 3.64. The molecule has 0 bridgehead atoms. The Morgan fingerprint density at radius 2 is 2.25 bits per heavy atom. The summed E-state index contributed by atoms with van der Waals surface area (Å²) in [6.45, 7) is -0.619. The number of hydrogen-bond donors (Lipinski definition) is 1. The van der Waals surface area contributed by atoms with Gasteiger partial charge in [0.1, 0.15) is 0 Å². The van der Waals surface area contributed by atoms with Crippen molar-refractivity contribution in [3.05, 3.63) is 0 Å². The number of amides is 2. The first kappa shape index (κ1) is 19.7. The van der Waals surface area contributed by atoms with Gasteiger partial charge in [-0.05, 0) is 6.26 Å².